The van der Waals surface area contributed by atoms with Crippen molar-refractivity contribution in [2.24, 2.45) is 0 Å². The number of rotatable bonds is 5. The Labute approximate surface area is 187 Å². The molecule has 0 unspecified atom stereocenters. The maximum absolute atomic E-state index is 13.7. The molecule has 0 bridgehead atoms. The third-order valence-electron chi connectivity index (χ3n) is 5.42. The first-order chi connectivity index (χ1) is 15.7. The highest BCUT2D eigenvalue weighted by atomic mass is 19.4. The van der Waals surface area contributed by atoms with Crippen molar-refractivity contribution in [2.75, 3.05) is 18.1 Å². The van der Waals surface area contributed by atoms with E-state index in [1.807, 2.05) is 0 Å². The van der Waals surface area contributed by atoms with Crippen LogP contribution in [0.5, 0.6) is 0 Å². The Morgan fingerprint density at radius 1 is 1.27 bits per heavy atom. The van der Waals surface area contributed by atoms with Gasteiger partial charge in [0, 0.05) is 30.3 Å². The molecule has 4 rings (SSSR count). The molecule has 10 heteroatoms. The van der Waals surface area contributed by atoms with Crippen molar-refractivity contribution in [2.45, 2.75) is 31.4 Å². The molecule has 33 heavy (non-hydrogen) atoms. The van der Waals surface area contributed by atoms with Crippen LogP contribution in [0.15, 0.2) is 42.7 Å². The summed E-state index contributed by atoms with van der Waals surface area (Å²) in [6.45, 7) is 0. The van der Waals surface area contributed by atoms with Gasteiger partial charge >= 0.3 is 6.18 Å². The van der Waals surface area contributed by atoms with Gasteiger partial charge in [-0.1, -0.05) is 24.6 Å². The van der Waals surface area contributed by atoms with Crippen molar-refractivity contribution in [3.63, 3.8) is 0 Å². The number of pyridine rings is 1. The van der Waals surface area contributed by atoms with Crippen LogP contribution in [0.25, 0.3) is 0 Å². The first-order valence-corrected chi connectivity index (χ1v) is 10.1. The number of nitrogens with zero attached hydrogens (tertiary/aromatic N) is 1. The summed E-state index contributed by atoms with van der Waals surface area (Å²) in [5.41, 5.74) is 5.63. The normalized spacial score (nSPS) is 13.5. The highest BCUT2D eigenvalue weighted by Gasteiger charge is 2.35. The fourth-order valence-electron chi connectivity index (χ4n) is 3.38. The Morgan fingerprint density at radius 2 is 1.97 bits per heavy atom. The van der Waals surface area contributed by atoms with Gasteiger partial charge in [-0.2, -0.15) is 13.2 Å². The maximum Gasteiger partial charge on any atom is 0.417 e. The number of hydrogen-bond acceptors (Lipinski definition) is 5. The van der Waals surface area contributed by atoms with Gasteiger partial charge in [-0.05, 0) is 25.0 Å². The van der Waals surface area contributed by atoms with E-state index < -0.39 is 23.1 Å². The van der Waals surface area contributed by atoms with E-state index in [1.54, 1.807) is 13.2 Å². The third-order valence-corrected chi connectivity index (χ3v) is 5.42. The molecule has 4 N–H and O–H groups in total. The minimum atomic E-state index is -4.60. The van der Waals surface area contributed by atoms with E-state index >= 15 is 0 Å². The van der Waals surface area contributed by atoms with Crippen LogP contribution in [0.1, 0.15) is 62.8 Å². The van der Waals surface area contributed by atoms with E-state index in [9.17, 15) is 27.2 Å². The lowest BCUT2D eigenvalue weighted by Gasteiger charge is -2.25. The fraction of sp³-hybridized carbons (Fsp3) is 0.261. The Bertz CT molecular complexity index is 1150. The van der Waals surface area contributed by atoms with Gasteiger partial charge in [-0.25, -0.2) is 4.39 Å². The summed E-state index contributed by atoms with van der Waals surface area (Å²) in [5, 5.41) is 2.81. The Hall–Kier alpha value is -3.69. The molecule has 1 aliphatic rings. The first-order valence-electron chi connectivity index (χ1n) is 10.1. The minimum Gasteiger partial charge on any atom is -0.395 e. The number of aromatic amines is 1. The largest absolute Gasteiger partial charge is 0.417 e. The molecular formula is C23H22F4N4O2. The van der Waals surface area contributed by atoms with Gasteiger partial charge in [0.2, 0.25) is 0 Å². The molecule has 6 nitrogen and oxygen atoms in total. The minimum absolute atomic E-state index is 0.0128. The summed E-state index contributed by atoms with van der Waals surface area (Å²) in [4.78, 5) is 29.1. The number of nitrogen functional groups attached to an aromatic ring is 1. The van der Waals surface area contributed by atoms with Crippen LogP contribution in [0, 0.1) is 5.82 Å². The molecule has 0 amide bonds. The van der Waals surface area contributed by atoms with E-state index in [4.69, 9.17) is 5.73 Å². The molecule has 1 fully saturated rings. The molecule has 174 valence electrons. The molecule has 0 saturated heterocycles. The second-order valence-corrected chi connectivity index (χ2v) is 7.50. The summed E-state index contributed by atoms with van der Waals surface area (Å²) in [6.07, 6.45) is 1.91. The molecule has 1 aromatic carbocycles. The Morgan fingerprint density at radius 3 is 2.52 bits per heavy atom. The molecular weight excluding hydrogens is 440 g/mol. The van der Waals surface area contributed by atoms with Crippen molar-refractivity contribution in [1.82, 2.24) is 9.97 Å². The van der Waals surface area contributed by atoms with Gasteiger partial charge in [0.1, 0.15) is 0 Å². The number of anilines is 2. The average Bonchev–Trinajstić information content (AvgIpc) is 3.24. The zero-order chi connectivity index (χ0) is 24.2. The second-order valence-electron chi connectivity index (χ2n) is 7.50. The van der Waals surface area contributed by atoms with Crippen LogP contribution in [0.2, 0.25) is 0 Å². The number of halogens is 4. The number of carbonyl (C=O) groups excluding carboxylic acids is 2. The number of aromatic nitrogens is 2. The topological polar surface area (TPSA) is 101 Å². The number of carbonyl (C=O) groups is 2. The van der Waals surface area contributed by atoms with Crippen molar-refractivity contribution in [1.29, 1.82) is 0 Å². The number of ketones is 1. The molecule has 2 aromatic heterocycles. The standard InChI is InChI=1S/C13H8F3NO2.C10H14FN3/c14-13(15,16)11-4-2-1-3-10(11)12(19)8-5-9(7-18)17-6-8;1-13-7-5-14-10(6-3-2-4-6)8(11)9(7)12/h1-7,17H;5-6,13H,2-4H2,1H3,(H2,12,14). The SMILES string of the molecule is CNc1cnc(C2CCC2)c(F)c1N.O=Cc1cc(C(=O)c2ccccc2C(F)(F)F)c[nH]1. The summed E-state index contributed by atoms with van der Waals surface area (Å²) in [7, 11) is 1.70. The highest BCUT2D eigenvalue weighted by molar-refractivity contribution is 6.10. The number of hydrogen-bond donors (Lipinski definition) is 3. The second kappa shape index (κ2) is 9.85. The van der Waals surface area contributed by atoms with Gasteiger partial charge in [-0.15, -0.1) is 0 Å². The lowest BCUT2D eigenvalue weighted by molar-refractivity contribution is -0.137. The zero-order valence-electron chi connectivity index (χ0n) is 17.7. The lowest BCUT2D eigenvalue weighted by Crippen LogP contribution is -2.14. The highest BCUT2D eigenvalue weighted by Crippen LogP contribution is 2.38. The van der Waals surface area contributed by atoms with Gasteiger partial charge in [-0.3, -0.25) is 14.6 Å². The van der Waals surface area contributed by atoms with Crippen LogP contribution < -0.4 is 11.1 Å². The van der Waals surface area contributed by atoms with Crippen LogP contribution in [-0.2, 0) is 6.18 Å². The molecule has 0 atom stereocenters. The van der Waals surface area contributed by atoms with Gasteiger partial charge in [0.05, 0.1) is 34.5 Å². The summed E-state index contributed by atoms with van der Waals surface area (Å²) in [5.74, 6) is -0.845. The zero-order valence-corrected chi connectivity index (χ0v) is 17.7. The van der Waals surface area contributed by atoms with Crippen LogP contribution in [0.4, 0.5) is 28.9 Å². The maximum atomic E-state index is 13.7. The fourth-order valence-corrected chi connectivity index (χ4v) is 3.38. The summed E-state index contributed by atoms with van der Waals surface area (Å²) < 4.78 is 52.0. The van der Waals surface area contributed by atoms with Gasteiger partial charge in [0.15, 0.2) is 17.9 Å². The van der Waals surface area contributed by atoms with Crippen LogP contribution >= 0.6 is 0 Å². The lowest BCUT2D eigenvalue weighted by atomic mass is 9.82. The molecule has 3 aromatic rings. The number of aldehydes is 1. The molecule has 0 aliphatic heterocycles. The first kappa shape index (κ1) is 24.0. The van der Waals surface area contributed by atoms with E-state index in [0.29, 0.717) is 17.7 Å². The molecule has 1 aliphatic carbocycles. The van der Waals surface area contributed by atoms with Crippen molar-refractivity contribution in [3.8, 4) is 0 Å². The van der Waals surface area contributed by atoms with Crippen molar-refractivity contribution < 1.29 is 27.2 Å². The van der Waals surface area contributed by atoms with E-state index in [2.05, 4.69) is 15.3 Å². The number of nitrogens with one attached hydrogen (secondary N) is 2. The third kappa shape index (κ3) is 5.21. The van der Waals surface area contributed by atoms with E-state index in [-0.39, 0.29) is 28.7 Å². The van der Waals surface area contributed by atoms with Crippen LogP contribution in [0.3, 0.4) is 0 Å². The molecule has 0 radical (unpaired) electrons. The van der Waals surface area contributed by atoms with Gasteiger partial charge in [0.25, 0.3) is 0 Å². The predicted octanol–water partition coefficient (Wildman–Crippen LogP) is 5.19. The number of nitrogens with two attached hydrogens (primary N) is 1. The van der Waals surface area contributed by atoms with Gasteiger partial charge < -0.3 is 16.0 Å². The van der Waals surface area contributed by atoms with Crippen molar-refractivity contribution >= 4 is 23.4 Å². The van der Waals surface area contributed by atoms with Crippen molar-refractivity contribution in [3.05, 3.63) is 76.6 Å². The molecule has 0 spiro atoms. The summed E-state index contributed by atoms with van der Waals surface area (Å²) >= 11 is 0. The average molecular weight is 462 g/mol. The van der Waals surface area contributed by atoms with E-state index in [1.165, 1.54) is 30.8 Å². The number of H-pyrrole nitrogens is 1. The molecule has 2 heterocycles. The summed E-state index contributed by atoms with van der Waals surface area (Å²) in [6, 6.07) is 5.74. The Balaban J connectivity index is 0.000000194. The monoisotopic (exact) mass is 462 g/mol. The van der Waals surface area contributed by atoms with Crippen LogP contribution in [-0.4, -0.2) is 29.1 Å². The number of benzene rings is 1. The van der Waals surface area contributed by atoms with E-state index in [0.717, 1.165) is 25.0 Å². The predicted molar refractivity (Wildman–Crippen MR) is 116 cm³/mol. The number of alkyl halides is 3. The smallest absolute Gasteiger partial charge is 0.395 e. The quantitative estimate of drug-likeness (QED) is 0.275. The molecule has 1 saturated carbocycles. The Kier molecular flexibility index (Phi) is 7.15.